The van der Waals surface area contributed by atoms with Gasteiger partial charge in [-0.3, -0.25) is 14.4 Å². The molecule has 4 heterocycles. The zero-order valence-corrected chi connectivity index (χ0v) is 30.0. The second kappa shape index (κ2) is 18.6. The van der Waals surface area contributed by atoms with Gasteiger partial charge in [-0.15, -0.1) is 0 Å². The fourth-order valence-corrected chi connectivity index (χ4v) is 5.28. The normalized spacial score (nSPS) is 13.8. The van der Waals surface area contributed by atoms with E-state index in [-0.39, 0.29) is 60.6 Å². The molecule has 0 aliphatic carbocycles. The van der Waals surface area contributed by atoms with Crippen molar-refractivity contribution in [3.05, 3.63) is 117 Å². The standard InChI is InChI=1S/C18H16ClFN4O2.C12H10ClFN2.C6H8N2O3/c1-24-16(25)6-5-15(23-24)18(26)22-17-14(20)9-12(10-21-17)7-11-3-2-4-13(19)8-11;13-10-3-1-2-8(5-10)4-9-6-11(14)12(15)16-7-9;1-8-5(9)3-2-4(7-8)6(10)11/h2-4,8-10H,5-7H2,1H3,(H,21,22,26);1-3,5-7H,4H2,(H2,15,16);2-3H2,1H3,(H,10,11). The summed E-state index contributed by atoms with van der Waals surface area (Å²) in [6, 6.07) is 17.4. The minimum absolute atomic E-state index is 0.0482. The quantitative estimate of drug-likeness (QED) is 0.213. The van der Waals surface area contributed by atoms with Crippen LogP contribution in [0.1, 0.15) is 47.9 Å². The average Bonchev–Trinajstić information content (AvgIpc) is 3.10. The third-order valence-corrected chi connectivity index (χ3v) is 8.04. The van der Waals surface area contributed by atoms with E-state index < -0.39 is 23.5 Å². The average molecular weight is 768 g/mol. The van der Waals surface area contributed by atoms with Crippen molar-refractivity contribution in [2.45, 2.75) is 38.5 Å². The number of halogens is 4. The van der Waals surface area contributed by atoms with Gasteiger partial charge in [0.05, 0.1) is 0 Å². The van der Waals surface area contributed by atoms with Crippen molar-refractivity contribution in [3.63, 3.8) is 0 Å². The first-order chi connectivity index (χ1) is 25.2. The smallest absolute Gasteiger partial charge is 0.352 e. The number of hydrogen-bond donors (Lipinski definition) is 3. The van der Waals surface area contributed by atoms with Crippen molar-refractivity contribution < 1.29 is 33.1 Å². The van der Waals surface area contributed by atoms with Gasteiger partial charge in [-0.1, -0.05) is 47.5 Å². The van der Waals surface area contributed by atoms with Crippen LogP contribution in [0.3, 0.4) is 0 Å². The van der Waals surface area contributed by atoms with Crippen molar-refractivity contribution >= 4 is 70.0 Å². The van der Waals surface area contributed by atoms with Gasteiger partial charge in [0.15, 0.2) is 23.3 Å². The first kappa shape index (κ1) is 40.0. The van der Waals surface area contributed by atoms with E-state index in [4.69, 9.17) is 34.0 Å². The van der Waals surface area contributed by atoms with E-state index in [9.17, 15) is 28.0 Å². The topological polar surface area (TPSA) is 184 Å². The number of amides is 3. The van der Waals surface area contributed by atoms with E-state index in [2.05, 4.69) is 25.5 Å². The molecule has 17 heteroatoms. The van der Waals surface area contributed by atoms with Gasteiger partial charge < -0.3 is 16.2 Å². The molecule has 6 rings (SSSR count). The van der Waals surface area contributed by atoms with Crippen molar-refractivity contribution in [2.24, 2.45) is 10.2 Å². The Morgan fingerprint density at radius 3 is 1.72 bits per heavy atom. The number of nitrogens with one attached hydrogen (secondary N) is 1. The highest BCUT2D eigenvalue weighted by molar-refractivity contribution is 6.43. The monoisotopic (exact) mass is 766 g/mol. The molecule has 3 amide bonds. The molecular formula is C36H34Cl2F2N8O5. The van der Waals surface area contributed by atoms with Crippen molar-refractivity contribution in [1.82, 2.24) is 20.0 Å². The highest BCUT2D eigenvalue weighted by Gasteiger charge is 2.23. The number of nitrogen functional groups attached to an aromatic ring is 1. The van der Waals surface area contributed by atoms with E-state index in [1.165, 1.54) is 32.4 Å². The molecule has 0 radical (unpaired) electrons. The molecule has 0 bridgehead atoms. The second-order valence-electron chi connectivity index (χ2n) is 11.7. The van der Waals surface area contributed by atoms with Crippen LogP contribution in [0.25, 0.3) is 0 Å². The molecule has 2 aliphatic rings. The lowest BCUT2D eigenvalue weighted by Gasteiger charge is -2.18. The van der Waals surface area contributed by atoms with Gasteiger partial charge in [-0.05, 0) is 71.5 Å². The Morgan fingerprint density at radius 2 is 1.25 bits per heavy atom. The number of carbonyl (C=O) groups is 4. The molecule has 4 aromatic rings. The fourth-order valence-electron chi connectivity index (χ4n) is 4.85. The number of hydrogen-bond acceptors (Lipinski definition) is 9. The summed E-state index contributed by atoms with van der Waals surface area (Å²) in [5.74, 6) is -3.31. The third-order valence-electron chi connectivity index (χ3n) is 7.57. The number of aliphatic carboxylic acids is 1. The maximum Gasteiger partial charge on any atom is 0.352 e. The first-order valence-corrected chi connectivity index (χ1v) is 16.7. The lowest BCUT2D eigenvalue weighted by molar-refractivity contribution is -0.132. The molecule has 0 spiro atoms. The molecule has 0 saturated heterocycles. The van der Waals surface area contributed by atoms with E-state index in [1.54, 1.807) is 24.4 Å². The van der Waals surface area contributed by atoms with E-state index >= 15 is 0 Å². The van der Waals surface area contributed by atoms with E-state index in [1.807, 2.05) is 30.3 Å². The molecule has 13 nitrogen and oxygen atoms in total. The van der Waals surface area contributed by atoms with Gasteiger partial charge >= 0.3 is 5.97 Å². The highest BCUT2D eigenvalue weighted by atomic mass is 35.5. The third kappa shape index (κ3) is 12.1. The number of hydrazone groups is 2. The molecule has 276 valence electrons. The van der Waals surface area contributed by atoms with Crippen molar-refractivity contribution in [2.75, 3.05) is 25.1 Å². The van der Waals surface area contributed by atoms with Crippen LogP contribution in [0.4, 0.5) is 20.4 Å². The first-order valence-electron chi connectivity index (χ1n) is 15.9. The molecule has 0 atom stereocenters. The molecule has 2 aromatic carbocycles. The summed E-state index contributed by atoms with van der Waals surface area (Å²) in [6.07, 6.45) is 5.00. The SMILES string of the molecule is CN1N=C(C(=O)Nc2ncc(Cc3cccc(Cl)c3)cc2F)CCC1=O.CN1N=C(C(=O)O)CCC1=O.Nc1ncc(Cc2cccc(Cl)c2)cc1F. The number of carbonyl (C=O) groups excluding carboxylic acids is 3. The zero-order valence-electron chi connectivity index (χ0n) is 28.5. The molecule has 53 heavy (non-hydrogen) atoms. The van der Waals surface area contributed by atoms with Gasteiger partial charge in [0.1, 0.15) is 11.4 Å². The molecule has 0 fully saturated rings. The van der Waals surface area contributed by atoms with Gasteiger partial charge in [0.25, 0.3) is 5.91 Å². The molecule has 2 aromatic heterocycles. The largest absolute Gasteiger partial charge is 0.477 e. The van der Waals surface area contributed by atoms with Crippen LogP contribution in [-0.4, -0.2) is 74.3 Å². The Hall–Kier alpha value is -5.80. The Labute approximate surface area is 313 Å². The number of anilines is 2. The number of rotatable bonds is 7. The predicted molar refractivity (Wildman–Crippen MR) is 196 cm³/mol. The van der Waals surface area contributed by atoms with Crippen LogP contribution in [0.15, 0.2) is 83.3 Å². The predicted octanol–water partition coefficient (Wildman–Crippen LogP) is 5.74. The Morgan fingerprint density at radius 1 is 0.755 bits per heavy atom. The van der Waals surface area contributed by atoms with E-state index in [0.717, 1.165) is 26.7 Å². The number of nitrogens with two attached hydrogens (primary N) is 1. The van der Waals surface area contributed by atoms with Crippen LogP contribution in [0.5, 0.6) is 0 Å². The highest BCUT2D eigenvalue weighted by Crippen LogP contribution is 2.19. The molecule has 0 unspecified atom stereocenters. The van der Waals surface area contributed by atoms with Gasteiger partial charge in [-0.2, -0.15) is 10.2 Å². The number of carboxylic acid groups (broad SMARTS) is 1. The van der Waals surface area contributed by atoms with Crippen LogP contribution in [0, 0.1) is 11.6 Å². The van der Waals surface area contributed by atoms with Crippen molar-refractivity contribution in [1.29, 1.82) is 0 Å². The fraction of sp³-hybridized carbons (Fsp3) is 0.222. The summed E-state index contributed by atoms with van der Waals surface area (Å²) in [7, 11) is 2.92. The Bertz CT molecular complexity index is 2080. The maximum absolute atomic E-state index is 14.3. The van der Waals surface area contributed by atoms with Gasteiger partial charge in [0, 0.05) is 62.2 Å². The second-order valence-corrected chi connectivity index (χ2v) is 12.6. The summed E-state index contributed by atoms with van der Waals surface area (Å²) >= 11 is 11.8. The number of benzene rings is 2. The van der Waals surface area contributed by atoms with Crippen molar-refractivity contribution in [3.8, 4) is 0 Å². The Kier molecular flexibility index (Phi) is 14.0. The summed E-state index contributed by atoms with van der Waals surface area (Å²) in [5, 5.41) is 21.8. The molecular weight excluding hydrogens is 733 g/mol. The van der Waals surface area contributed by atoms with Crippen LogP contribution in [-0.2, 0) is 32.0 Å². The zero-order chi connectivity index (χ0) is 38.7. The summed E-state index contributed by atoms with van der Waals surface area (Å²) in [4.78, 5) is 52.5. The summed E-state index contributed by atoms with van der Waals surface area (Å²) in [6.45, 7) is 0. The minimum atomic E-state index is -1.05. The number of nitrogens with zero attached hydrogens (tertiary/aromatic N) is 6. The summed E-state index contributed by atoms with van der Waals surface area (Å²) in [5.41, 5.74) is 8.88. The lowest BCUT2D eigenvalue weighted by Crippen LogP contribution is -2.34. The lowest BCUT2D eigenvalue weighted by atomic mass is 10.1. The number of carboxylic acids is 1. The van der Waals surface area contributed by atoms with E-state index in [0.29, 0.717) is 28.5 Å². The van der Waals surface area contributed by atoms with Crippen LogP contribution >= 0.6 is 23.2 Å². The molecule has 0 saturated carbocycles. The van der Waals surface area contributed by atoms with Gasteiger partial charge in [-0.25, -0.2) is 33.6 Å². The maximum atomic E-state index is 14.3. The molecule has 2 aliphatic heterocycles. The summed E-state index contributed by atoms with van der Waals surface area (Å²) < 4.78 is 27.4. The number of aromatic nitrogens is 2. The minimum Gasteiger partial charge on any atom is -0.477 e. The Balaban J connectivity index is 0.000000197. The molecule has 4 N–H and O–H groups in total. The van der Waals surface area contributed by atoms with Crippen LogP contribution < -0.4 is 11.1 Å². The van der Waals surface area contributed by atoms with Gasteiger partial charge in [0.2, 0.25) is 11.8 Å². The number of pyridine rings is 2. The van der Waals surface area contributed by atoms with Crippen LogP contribution in [0.2, 0.25) is 10.0 Å².